The average Bonchev–Trinajstić information content (AvgIpc) is 4.04. The van der Waals surface area contributed by atoms with Gasteiger partial charge in [-0.2, -0.15) is 0 Å². The molecule has 8 aromatic carbocycles. The fraction of sp³-hybridized carbons (Fsp3) is 0.274. The van der Waals surface area contributed by atoms with E-state index in [0.29, 0.717) is 6.67 Å². The highest BCUT2D eigenvalue weighted by Gasteiger charge is 2.43. The van der Waals surface area contributed by atoms with Gasteiger partial charge in [-0.05, 0) is 143 Å². The molecule has 0 N–H and O–H groups in total. The molecule has 4 nitrogen and oxygen atoms in total. The van der Waals surface area contributed by atoms with Crippen LogP contribution in [0.1, 0.15) is 130 Å². The van der Waals surface area contributed by atoms with Crippen LogP contribution in [-0.4, -0.2) is 24.3 Å². The van der Waals surface area contributed by atoms with Crippen LogP contribution < -0.4 is 30.5 Å². The predicted molar refractivity (Wildman–Crippen MR) is 338 cm³/mol. The van der Waals surface area contributed by atoms with Crippen molar-refractivity contribution in [1.29, 1.82) is 0 Å². The Kier molecular flexibility index (Phi) is 12.9. The maximum absolute atomic E-state index is 5.27. The van der Waals surface area contributed by atoms with E-state index in [1.807, 2.05) is 6.20 Å². The van der Waals surface area contributed by atoms with E-state index in [-0.39, 0.29) is 27.1 Å². The largest absolute Gasteiger partial charge is 0.321 e. The number of pyridine rings is 1. The molecular weight excluding hydrogens is 961 g/mol. The maximum atomic E-state index is 5.27. The molecule has 0 bridgehead atoms. The normalized spacial score (nSPS) is 13.7. The summed E-state index contributed by atoms with van der Waals surface area (Å²) in [6, 6.07) is 76.8. The summed E-state index contributed by atoms with van der Waals surface area (Å²) in [5.74, 6) is 0.918. The van der Waals surface area contributed by atoms with E-state index in [1.54, 1.807) is 0 Å². The van der Waals surface area contributed by atoms with Gasteiger partial charge in [0.05, 0.1) is 22.4 Å². The lowest BCUT2D eigenvalue weighted by molar-refractivity contribution is 0.568. The average molecular weight is 1040 g/mol. The van der Waals surface area contributed by atoms with E-state index in [9.17, 15) is 0 Å². The fourth-order valence-corrected chi connectivity index (χ4v) is 16.8. The second-order valence-electron chi connectivity index (χ2n) is 26.7. The number of hydrogen-bond acceptors (Lipinski definition) is 3. The third kappa shape index (κ3) is 9.28. The molecule has 10 aromatic rings. The van der Waals surface area contributed by atoms with Crippen LogP contribution in [0.4, 0.5) is 22.7 Å². The van der Waals surface area contributed by atoms with Crippen molar-refractivity contribution in [2.45, 2.75) is 124 Å². The first-order valence-corrected chi connectivity index (χ1v) is 30.1. The summed E-state index contributed by atoms with van der Waals surface area (Å²) in [5.41, 5.74) is 14.8. The third-order valence-electron chi connectivity index (χ3n) is 16.9. The summed E-state index contributed by atoms with van der Waals surface area (Å²) in [6.45, 7) is 33.1. The molecule has 1 aliphatic heterocycles. The minimum Gasteiger partial charge on any atom is -0.321 e. The number of anilines is 4. The number of fused-ring (bicyclic) bond motifs is 4. The van der Waals surface area contributed by atoms with Crippen molar-refractivity contribution in [2.24, 2.45) is 0 Å². The van der Waals surface area contributed by atoms with Crippen molar-refractivity contribution < 1.29 is 0 Å². The Hall–Kier alpha value is -7.47. The second kappa shape index (κ2) is 19.2. The molecule has 11 rings (SSSR count). The highest BCUT2D eigenvalue weighted by Crippen LogP contribution is 2.46. The first-order valence-electron chi connectivity index (χ1n) is 28.1. The molecule has 0 atom stereocenters. The Morgan fingerprint density at radius 3 is 1.44 bits per heavy atom. The van der Waals surface area contributed by atoms with Crippen LogP contribution in [0.25, 0.3) is 27.6 Å². The Balaban J connectivity index is 1.12. The van der Waals surface area contributed by atoms with Crippen molar-refractivity contribution >= 4 is 73.4 Å². The molecule has 5 heteroatoms. The van der Waals surface area contributed by atoms with Gasteiger partial charge in [-0.25, -0.2) is 4.98 Å². The van der Waals surface area contributed by atoms with Crippen molar-refractivity contribution in [2.75, 3.05) is 16.5 Å². The standard InChI is InChI=1S/C73H78N4Si/c1-69(2,3)50-32-34-51(35-33-50)73(13,14)53-40-41-74-68(46-53)77-64-39-36-52(70(4,5)6)45-63(64)62-38-37-61(48-67(62)77)78(58-25-17-15-18-26-58,59-27-19-16-20-28-59)60-29-23-24-56(47-60)75-49-76(66-31-22-21-30-65(66)75)57-43-54(71(7,8)9)42-55(44-57)72(10,11)12/h15-48H,49H2,1-14H3. The number of nitrogens with zero attached hydrogens (tertiary/aromatic N) is 4. The van der Waals surface area contributed by atoms with Crippen LogP contribution in [0.5, 0.6) is 0 Å². The fourth-order valence-electron chi connectivity index (χ4n) is 12.0. The lowest BCUT2D eigenvalue weighted by Crippen LogP contribution is -2.74. The van der Waals surface area contributed by atoms with Gasteiger partial charge in [-0.15, -0.1) is 0 Å². The minimum absolute atomic E-state index is 0.00428. The van der Waals surface area contributed by atoms with Crippen LogP contribution in [0.3, 0.4) is 0 Å². The van der Waals surface area contributed by atoms with Crippen molar-refractivity contribution in [3.05, 3.63) is 240 Å². The van der Waals surface area contributed by atoms with Crippen molar-refractivity contribution in [3.8, 4) is 5.82 Å². The second-order valence-corrected chi connectivity index (χ2v) is 30.5. The van der Waals surface area contributed by atoms with Gasteiger partial charge < -0.3 is 9.80 Å². The molecule has 0 saturated carbocycles. The Labute approximate surface area is 466 Å². The monoisotopic (exact) mass is 1040 g/mol. The van der Waals surface area contributed by atoms with E-state index in [4.69, 9.17) is 4.98 Å². The highest BCUT2D eigenvalue weighted by molar-refractivity contribution is 7.20. The van der Waals surface area contributed by atoms with Crippen molar-refractivity contribution in [1.82, 2.24) is 9.55 Å². The summed E-state index contributed by atoms with van der Waals surface area (Å²) in [6.07, 6.45) is 2.02. The molecule has 0 saturated heterocycles. The number of hydrogen-bond donors (Lipinski definition) is 0. The minimum atomic E-state index is -3.12. The Bertz CT molecular complexity index is 3770. The van der Waals surface area contributed by atoms with Crippen molar-refractivity contribution in [3.63, 3.8) is 0 Å². The van der Waals surface area contributed by atoms with Crippen LogP contribution in [-0.2, 0) is 27.1 Å². The van der Waals surface area contributed by atoms with E-state index in [2.05, 4.69) is 311 Å². The molecule has 0 fully saturated rings. The van der Waals surface area contributed by atoms with Gasteiger partial charge >= 0.3 is 0 Å². The Morgan fingerprint density at radius 1 is 0.346 bits per heavy atom. The predicted octanol–water partition coefficient (Wildman–Crippen LogP) is 16.3. The number of aromatic nitrogens is 2. The SMILES string of the molecule is CC(C)(C)c1ccc(C(C)(C)c2ccnc(-n3c4ccc(C(C)(C)C)cc4c4ccc([Si](c5ccccc5)(c5ccccc5)c5cccc(N6CN(c7cc(C(C)(C)C)cc(C(C)(C)C)c7)c7ccccc76)c5)cc43)c2)cc1. The van der Waals surface area contributed by atoms with Gasteiger partial charge in [0.1, 0.15) is 12.5 Å². The van der Waals surface area contributed by atoms with Crippen LogP contribution in [0.15, 0.2) is 206 Å². The summed E-state index contributed by atoms with van der Waals surface area (Å²) < 4.78 is 2.45. The quantitative estimate of drug-likeness (QED) is 0.106. The van der Waals surface area contributed by atoms with Gasteiger partial charge in [-0.3, -0.25) is 4.57 Å². The molecule has 0 radical (unpaired) electrons. The summed E-state index contributed by atoms with van der Waals surface area (Å²) in [7, 11) is -3.12. The third-order valence-corrected chi connectivity index (χ3v) is 21.7. The number of rotatable bonds is 9. The smallest absolute Gasteiger partial charge is 0.179 e. The molecule has 0 unspecified atom stereocenters. The van der Waals surface area contributed by atoms with Crippen LogP contribution >= 0.6 is 0 Å². The van der Waals surface area contributed by atoms with E-state index in [0.717, 1.165) is 16.9 Å². The van der Waals surface area contributed by atoms with E-state index >= 15 is 0 Å². The van der Waals surface area contributed by atoms with Crippen LogP contribution in [0.2, 0.25) is 0 Å². The topological polar surface area (TPSA) is 24.3 Å². The molecule has 78 heavy (non-hydrogen) atoms. The molecule has 2 aromatic heterocycles. The van der Waals surface area contributed by atoms with Gasteiger partial charge in [0.25, 0.3) is 0 Å². The first-order chi connectivity index (χ1) is 36.9. The molecule has 3 heterocycles. The lowest BCUT2D eigenvalue weighted by atomic mass is 9.77. The molecule has 394 valence electrons. The first kappa shape index (κ1) is 52.6. The molecular formula is C73H78N4Si. The highest BCUT2D eigenvalue weighted by atomic mass is 28.3. The molecule has 1 aliphatic rings. The van der Waals surface area contributed by atoms with E-state index < -0.39 is 8.07 Å². The summed E-state index contributed by atoms with van der Waals surface area (Å²) >= 11 is 0. The zero-order valence-corrected chi connectivity index (χ0v) is 49.6. The van der Waals surface area contributed by atoms with E-state index in [1.165, 1.54) is 87.6 Å². The summed E-state index contributed by atoms with van der Waals surface area (Å²) in [4.78, 5) is 10.3. The molecule has 0 spiro atoms. The molecule has 0 amide bonds. The lowest BCUT2D eigenvalue weighted by Gasteiger charge is -2.35. The number of benzene rings is 8. The zero-order chi connectivity index (χ0) is 55.2. The van der Waals surface area contributed by atoms with Gasteiger partial charge in [0, 0.05) is 33.8 Å². The Morgan fingerprint density at radius 2 is 0.859 bits per heavy atom. The maximum Gasteiger partial charge on any atom is 0.179 e. The van der Waals surface area contributed by atoms with Gasteiger partial charge in [0.15, 0.2) is 8.07 Å². The molecule has 0 aliphatic carbocycles. The van der Waals surface area contributed by atoms with Gasteiger partial charge in [-0.1, -0.05) is 230 Å². The summed E-state index contributed by atoms with van der Waals surface area (Å²) in [5, 5.41) is 7.78. The van der Waals surface area contributed by atoms with Crippen LogP contribution in [0, 0.1) is 0 Å². The zero-order valence-electron chi connectivity index (χ0n) is 48.6. The number of para-hydroxylation sites is 2. The van der Waals surface area contributed by atoms with Gasteiger partial charge in [0.2, 0.25) is 0 Å².